The molecule has 0 aliphatic rings. The molecule has 4 heteroatoms. The van der Waals surface area contributed by atoms with E-state index in [9.17, 15) is 9.18 Å². The second kappa shape index (κ2) is 3.75. The van der Waals surface area contributed by atoms with E-state index >= 15 is 0 Å². The molecule has 0 spiro atoms. The molecule has 1 aromatic carbocycles. The normalized spacial score (nSPS) is 9.85. The van der Waals surface area contributed by atoms with E-state index in [4.69, 9.17) is 11.6 Å². The fourth-order valence-electron chi connectivity index (χ4n) is 0.995. The van der Waals surface area contributed by atoms with E-state index in [0.29, 0.717) is 0 Å². The first-order valence-corrected chi connectivity index (χ1v) is 4.11. The van der Waals surface area contributed by atoms with E-state index in [-0.39, 0.29) is 16.6 Å². The molecule has 0 aromatic heterocycles. The summed E-state index contributed by atoms with van der Waals surface area (Å²) in [6, 6.07) is 2.91. The Hall–Kier alpha value is -1.09. The van der Waals surface area contributed by atoms with Crippen LogP contribution in [0.4, 0.5) is 10.1 Å². The molecule has 1 aromatic rings. The molecule has 0 saturated carbocycles. The molecule has 1 amide bonds. The maximum atomic E-state index is 13.2. The largest absolute Gasteiger partial charge is 0.323 e. The monoisotopic (exact) mass is 201 g/mol. The van der Waals surface area contributed by atoms with Gasteiger partial charge in [-0.05, 0) is 24.6 Å². The van der Waals surface area contributed by atoms with Gasteiger partial charge in [-0.15, -0.1) is 0 Å². The van der Waals surface area contributed by atoms with Crippen molar-refractivity contribution in [1.82, 2.24) is 0 Å². The van der Waals surface area contributed by atoms with Crippen LogP contribution in [0.2, 0.25) is 5.02 Å². The first kappa shape index (κ1) is 9.99. The minimum Gasteiger partial charge on any atom is -0.323 e. The molecule has 70 valence electrons. The topological polar surface area (TPSA) is 29.1 Å². The van der Waals surface area contributed by atoms with Crippen LogP contribution in [-0.2, 0) is 4.79 Å². The lowest BCUT2D eigenvalue weighted by Gasteiger charge is -2.06. The van der Waals surface area contributed by atoms with Gasteiger partial charge >= 0.3 is 0 Å². The smallest absolute Gasteiger partial charge is 0.221 e. The van der Waals surface area contributed by atoms with E-state index in [2.05, 4.69) is 5.32 Å². The Morgan fingerprint density at radius 2 is 2.15 bits per heavy atom. The quantitative estimate of drug-likeness (QED) is 0.744. The lowest BCUT2D eigenvalue weighted by atomic mass is 10.2. The summed E-state index contributed by atoms with van der Waals surface area (Å²) >= 11 is 5.72. The van der Waals surface area contributed by atoms with E-state index in [1.54, 1.807) is 13.0 Å². The molecule has 13 heavy (non-hydrogen) atoms. The lowest BCUT2D eigenvalue weighted by Crippen LogP contribution is -2.08. The summed E-state index contributed by atoms with van der Waals surface area (Å²) in [5.74, 6) is -0.857. The van der Waals surface area contributed by atoms with E-state index in [1.165, 1.54) is 13.0 Å². The van der Waals surface area contributed by atoms with Crippen LogP contribution < -0.4 is 5.32 Å². The van der Waals surface area contributed by atoms with Crippen LogP contribution in [0.15, 0.2) is 12.1 Å². The molecule has 0 atom stereocenters. The number of hydrogen-bond donors (Lipinski definition) is 1. The van der Waals surface area contributed by atoms with Crippen molar-refractivity contribution >= 4 is 23.2 Å². The summed E-state index contributed by atoms with van der Waals surface area (Å²) in [6.45, 7) is 3.03. The summed E-state index contributed by atoms with van der Waals surface area (Å²) in [4.78, 5) is 10.7. The zero-order chi connectivity index (χ0) is 10.0. The predicted molar refractivity (Wildman–Crippen MR) is 50.5 cm³/mol. The molecular weight excluding hydrogens is 193 g/mol. The van der Waals surface area contributed by atoms with Crippen molar-refractivity contribution in [3.05, 3.63) is 28.5 Å². The predicted octanol–water partition coefficient (Wildman–Crippen LogP) is 2.75. The molecule has 1 N–H and O–H groups in total. The van der Waals surface area contributed by atoms with Crippen molar-refractivity contribution in [2.24, 2.45) is 0 Å². The summed E-state index contributed by atoms with van der Waals surface area (Å²) in [6.07, 6.45) is 0. The van der Waals surface area contributed by atoms with Crippen molar-refractivity contribution in [2.75, 3.05) is 5.32 Å². The van der Waals surface area contributed by atoms with Gasteiger partial charge in [0.2, 0.25) is 5.91 Å². The number of rotatable bonds is 1. The van der Waals surface area contributed by atoms with Crippen molar-refractivity contribution in [2.45, 2.75) is 13.8 Å². The van der Waals surface area contributed by atoms with Gasteiger partial charge < -0.3 is 5.32 Å². The number of anilines is 1. The third-order valence-electron chi connectivity index (χ3n) is 1.49. The van der Waals surface area contributed by atoms with Gasteiger partial charge in [0.25, 0.3) is 0 Å². The molecular formula is C9H9ClFNO. The fourth-order valence-corrected chi connectivity index (χ4v) is 1.30. The lowest BCUT2D eigenvalue weighted by molar-refractivity contribution is -0.114. The fraction of sp³-hybridized carbons (Fsp3) is 0.222. The van der Waals surface area contributed by atoms with Crippen LogP contribution in [0.1, 0.15) is 12.5 Å². The average molecular weight is 202 g/mol. The van der Waals surface area contributed by atoms with Crippen LogP contribution >= 0.6 is 11.6 Å². The Labute approximate surface area is 80.7 Å². The number of nitrogens with one attached hydrogen (secondary N) is 1. The average Bonchev–Trinajstić information content (AvgIpc) is 1.96. The Morgan fingerprint density at radius 3 is 2.62 bits per heavy atom. The second-order valence-corrected chi connectivity index (χ2v) is 3.19. The standard InChI is InChI=1S/C9H9ClFNO/c1-5-3-7(10)9(8(11)4-5)12-6(2)13/h3-4H,1-2H3,(H,12,13). The summed E-state index contributed by atoms with van der Waals surface area (Å²) < 4.78 is 13.2. The minimum atomic E-state index is -0.514. The number of benzene rings is 1. The highest BCUT2D eigenvalue weighted by Gasteiger charge is 2.08. The zero-order valence-corrected chi connectivity index (χ0v) is 8.07. The molecule has 0 saturated heterocycles. The van der Waals surface area contributed by atoms with E-state index in [1.807, 2.05) is 0 Å². The highest BCUT2D eigenvalue weighted by atomic mass is 35.5. The van der Waals surface area contributed by atoms with Gasteiger partial charge in [0.05, 0.1) is 10.7 Å². The molecule has 1 rings (SSSR count). The van der Waals surface area contributed by atoms with Crippen molar-refractivity contribution in [3.63, 3.8) is 0 Å². The van der Waals surface area contributed by atoms with Crippen molar-refractivity contribution in [3.8, 4) is 0 Å². The molecule has 0 unspecified atom stereocenters. The van der Waals surface area contributed by atoms with Gasteiger partial charge in [-0.3, -0.25) is 4.79 Å². The number of aryl methyl sites for hydroxylation is 1. The van der Waals surface area contributed by atoms with Crippen LogP contribution in [-0.4, -0.2) is 5.91 Å². The third kappa shape index (κ3) is 2.42. The molecule has 2 nitrogen and oxygen atoms in total. The van der Waals surface area contributed by atoms with Crippen LogP contribution in [0, 0.1) is 12.7 Å². The molecule has 0 heterocycles. The minimum absolute atomic E-state index is 0.0415. The van der Waals surface area contributed by atoms with Gasteiger partial charge in [-0.1, -0.05) is 11.6 Å². The Kier molecular flexibility index (Phi) is 2.88. The summed E-state index contributed by atoms with van der Waals surface area (Å²) in [7, 11) is 0. The highest BCUT2D eigenvalue weighted by molar-refractivity contribution is 6.33. The first-order chi connectivity index (χ1) is 6.00. The number of hydrogen-bond acceptors (Lipinski definition) is 1. The SMILES string of the molecule is CC(=O)Nc1c(F)cc(C)cc1Cl. The summed E-state index contributed by atoms with van der Waals surface area (Å²) in [5, 5.41) is 2.54. The van der Waals surface area contributed by atoms with E-state index < -0.39 is 5.82 Å². The molecule has 0 aliphatic heterocycles. The number of carbonyl (C=O) groups is 1. The molecule has 0 aliphatic carbocycles. The van der Waals surface area contributed by atoms with Gasteiger partial charge in [0.1, 0.15) is 5.82 Å². The highest BCUT2D eigenvalue weighted by Crippen LogP contribution is 2.26. The number of carbonyl (C=O) groups excluding carboxylic acids is 1. The first-order valence-electron chi connectivity index (χ1n) is 3.74. The van der Waals surface area contributed by atoms with E-state index in [0.717, 1.165) is 5.56 Å². The summed E-state index contributed by atoms with van der Waals surface area (Å²) in [5.41, 5.74) is 0.761. The van der Waals surface area contributed by atoms with Crippen LogP contribution in [0.3, 0.4) is 0 Å². The maximum absolute atomic E-state index is 13.2. The molecule has 0 radical (unpaired) electrons. The zero-order valence-electron chi connectivity index (χ0n) is 7.32. The third-order valence-corrected chi connectivity index (χ3v) is 1.79. The Bertz CT molecular complexity index is 328. The maximum Gasteiger partial charge on any atom is 0.221 e. The van der Waals surface area contributed by atoms with Gasteiger partial charge in [0, 0.05) is 6.92 Å². The Balaban J connectivity index is 3.13. The number of halogens is 2. The van der Waals surface area contributed by atoms with Gasteiger partial charge in [0.15, 0.2) is 0 Å². The van der Waals surface area contributed by atoms with Gasteiger partial charge in [-0.25, -0.2) is 4.39 Å². The number of amides is 1. The van der Waals surface area contributed by atoms with Crippen LogP contribution in [0.25, 0.3) is 0 Å². The molecule has 0 fully saturated rings. The second-order valence-electron chi connectivity index (χ2n) is 2.78. The molecule has 0 bridgehead atoms. The van der Waals surface area contributed by atoms with Crippen molar-refractivity contribution in [1.29, 1.82) is 0 Å². The van der Waals surface area contributed by atoms with Crippen LogP contribution in [0.5, 0.6) is 0 Å². The Morgan fingerprint density at radius 1 is 1.54 bits per heavy atom. The van der Waals surface area contributed by atoms with Crippen molar-refractivity contribution < 1.29 is 9.18 Å². The van der Waals surface area contributed by atoms with Gasteiger partial charge in [-0.2, -0.15) is 0 Å².